The van der Waals surface area contributed by atoms with Crippen molar-refractivity contribution < 1.29 is 23.9 Å². The molecule has 1 aliphatic carbocycles. The number of carbonyl (C=O) groups excluding carboxylic acids is 2. The van der Waals surface area contributed by atoms with Crippen molar-refractivity contribution in [3.63, 3.8) is 0 Å². The van der Waals surface area contributed by atoms with Crippen LogP contribution in [0.5, 0.6) is 0 Å². The summed E-state index contributed by atoms with van der Waals surface area (Å²) in [6.45, 7) is 0.439. The number of benzene rings is 1. The number of anilines is 1. The highest BCUT2D eigenvalue weighted by Crippen LogP contribution is 2.36. The second-order valence-corrected chi connectivity index (χ2v) is 7.17. The van der Waals surface area contributed by atoms with Crippen molar-refractivity contribution >= 4 is 23.5 Å². The van der Waals surface area contributed by atoms with Crippen LogP contribution in [0.25, 0.3) is 0 Å². The summed E-state index contributed by atoms with van der Waals surface area (Å²) in [5.41, 5.74) is -0.368. The van der Waals surface area contributed by atoms with Crippen LogP contribution >= 0.6 is 0 Å². The minimum Gasteiger partial charge on any atom is -0.481 e. The van der Waals surface area contributed by atoms with Gasteiger partial charge in [-0.25, -0.2) is 4.39 Å². The lowest BCUT2D eigenvalue weighted by molar-refractivity contribution is -0.151. The normalized spacial score (nSPS) is 22.3. The molecular formula is C19H23FN2O4. The summed E-state index contributed by atoms with van der Waals surface area (Å²) in [7, 11) is 0. The third-order valence-electron chi connectivity index (χ3n) is 5.53. The van der Waals surface area contributed by atoms with Gasteiger partial charge in [0.05, 0.1) is 5.41 Å². The van der Waals surface area contributed by atoms with Crippen LogP contribution in [-0.2, 0) is 14.4 Å². The summed E-state index contributed by atoms with van der Waals surface area (Å²) in [4.78, 5) is 38.2. The van der Waals surface area contributed by atoms with E-state index in [0.717, 1.165) is 19.3 Å². The van der Waals surface area contributed by atoms with Crippen molar-refractivity contribution in [3.8, 4) is 0 Å². The van der Waals surface area contributed by atoms with Gasteiger partial charge in [0.1, 0.15) is 11.7 Å². The first-order valence-electron chi connectivity index (χ1n) is 9.01. The van der Waals surface area contributed by atoms with Crippen LogP contribution in [-0.4, -0.2) is 36.0 Å². The second-order valence-electron chi connectivity index (χ2n) is 7.17. The lowest BCUT2D eigenvalue weighted by atomic mass is 9.74. The Kier molecular flexibility index (Phi) is 5.25. The maximum absolute atomic E-state index is 13.0. The summed E-state index contributed by atoms with van der Waals surface area (Å²) in [5.74, 6) is -2.85. The van der Waals surface area contributed by atoms with Crippen molar-refractivity contribution in [3.05, 3.63) is 30.1 Å². The summed E-state index contributed by atoms with van der Waals surface area (Å²) in [6.07, 6.45) is 4.14. The Morgan fingerprint density at radius 3 is 2.46 bits per heavy atom. The molecule has 0 aromatic heterocycles. The van der Waals surface area contributed by atoms with Gasteiger partial charge in [-0.2, -0.15) is 0 Å². The van der Waals surface area contributed by atoms with E-state index >= 15 is 0 Å². The van der Waals surface area contributed by atoms with Crippen LogP contribution in [0.1, 0.15) is 38.5 Å². The molecule has 0 radical (unpaired) electrons. The fourth-order valence-electron chi connectivity index (χ4n) is 3.87. The molecule has 1 unspecified atom stereocenters. The number of carboxylic acids is 1. The highest BCUT2D eigenvalue weighted by atomic mass is 19.1. The lowest BCUT2D eigenvalue weighted by Crippen LogP contribution is -2.46. The number of rotatable bonds is 5. The molecule has 1 aliphatic heterocycles. The van der Waals surface area contributed by atoms with Crippen molar-refractivity contribution in [1.29, 1.82) is 0 Å². The van der Waals surface area contributed by atoms with Crippen molar-refractivity contribution in [1.82, 2.24) is 5.32 Å². The number of hydrogen-bond donors (Lipinski definition) is 2. The Labute approximate surface area is 151 Å². The smallest absolute Gasteiger partial charge is 0.311 e. The van der Waals surface area contributed by atoms with Crippen LogP contribution in [0.15, 0.2) is 24.3 Å². The minimum absolute atomic E-state index is 0.0570. The van der Waals surface area contributed by atoms with Crippen LogP contribution < -0.4 is 10.2 Å². The molecule has 26 heavy (non-hydrogen) atoms. The topological polar surface area (TPSA) is 86.7 Å². The average Bonchev–Trinajstić information content (AvgIpc) is 3.02. The molecule has 1 aromatic rings. The Morgan fingerprint density at radius 2 is 1.85 bits per heavy atom. The van der Waals surface area contributed by atoms with E-state index in [1.807, 2.05) is 0 Å². The summed E-state index contributed by atoms with van der Waals surface area (Å²) >= 11 is 0. The van der Waals surface area contributed by atoms with Gasteiger partial charge >= 0.3 is 5.97 Å². The van der Waals surface area contributed by atoms with Gasteiger partial charge in [0.2, 0.25) is 11.8 Å². The Morgan fingerprint density at radius 1 is 1.19 bits per heavy atom. The summed E-state index contributed by atoms with van der Waals surface area (Å²) < 4.78 is 13.0. The van der Waals surface area contributed by atoms with E-state index in [4.69, 9.17) is 0 Å². The molecule has 0 bridgehead atoms. The fraction of sp³-hybridized carbons (Fsp3) is 0.526. The Bertz CT molecular complexity index is 698. The summed E-state index contributed by atoms with van der Waals surface area (Å²) in [5, 5.41) is 12.3. The monoisotopic (exact) mass is 362 g/mol. The zero-order valence-corrected chi connectivity index (χ0v) is 14.5. The molecule has 3 rings (SSSR count). The van der Waals surface area contributed by atoms with Crippen molar-refractivity contribution in [2.75, 3.05) is 18.0 Å². The Balaban J connectivity index is 1.62. The highest BCUT2D eigenvalue weighted by molar-refractivity contribution is 6.09. The average molecular weight is 362 g/mol. The van der Waals surface area contributed by atoms with Gasteiger partial charge in [0, 0.05) is 18.8 Å². The van der Waals surface area contributed by atoms with Gasteiger partial charge in [0.25, 0.3) is 0 Å². The zero-order valence-electron chi connectivity index (χ0n) is 14.5. The molecule has 2 fully saturated rings. The van der Waals surface area contributed by atoms with E-state index < -0.39 is 23.2 Å². The van der Waals surface area contributed by atoms with Crippen molar-refractivity contribution in [2.45, 2.75) is 38.5 Å². The number of nitrogens with one attached hydrogen (secondary N) is 1. The van der Waals surface area contributed by atoms with E-state index in [1.165, 1.54) is 29.2 Å². The number of carboxylic acid groups (broad SMARTS) is 1. The van der Waals surface area contributed by atoms with Gasteiger partial charge in [-0.05, 0) is 43.5 Å². The molecule has 2 amide bonds. The first-order valence-corrected chi connectivity index (χ1v) is 9.01. The summed E-state index contributed by atoms with van der Waals surface area (Å²) in [6, 6.07) is 5.56. The molecule has 140 valence electrons. The third-order valence-corrected chi connectivity index (χ3v) is 5.53. The van der Waals surface area contributed by atoms with E-state index in [9.17, 15) is 23.9 Å². The predicted molar refractivity (Wildman–Crippen MR) is 93.0 cm³/mol. The maximum Gasteiger partial charge on any atom is 0.311 e. The van der Waals surface area contributed by atoms with Gasteiger partial charge in [-0.15, -0.1) is 0 Å². The molecule has 1 aromatic carbocycles. The van der Waals surface area contributed by atoms with Crippen molar-refractivity contribution in [2.24, 2.45) is 11.3 Å². The quantitative estimate of drug-likeness (QED) is 0.787. The third kappa shape index (κ3) is 3.57. The number of amides is 2. The van der Waals surface area contributed by atoms with Gasteiger partial charge < -0.3 is 15.3 Å². The highest BCUT2D eigenvalue weighted by Gasteiger charge is 2.42. The van der Waals surface area contributed by atoms with E-state index in [2.05, 4.69) is 5.32 Å². The van der Waals surface area contributed by atoms with E-state index in [0.29, 0.717) is 31.5 Å². The molecule has 1 saturated carbocycles. The first-order chi connectivity index (χ1) is 12.4. The molecule has 0 spiro atoms. The molecule has 1 saturated heterocycles. The molecule has 2 N–H and O–H groups in total. The first kappa shape index (κ1) is 18.4. The number of hydrogen-bond acceptors (Lipinski definition) is 3. The van der Waals surface area contributed by atoms with Gasteiger partial charge in [-0.3, -0.25) is 14.4 Å². The standard InChI is InChI=1S/C19H23FN2O4/c20-13-4-6-14(7-5-13)22-11-8-15(17(22)24)16(23)21-12-19(18(25)26)9-2-1-3-10-19/h4-7,15H,1-3,8-12H2,(H,21,23)(H,25,26). The van der Waals surface area contributed by atoms with E-state index in [1.54, 1.807) is 0 Å². The van der Waals surface area contributed by atoms with Gasteiger partial charge in [-0.1, -0.05) is 19.3 Å². The molecule has 6 nitrogen and oxygen atoms in total. The predicted octanol–water partition coefficient (Wildman–Crippen LogP) is 2.33. The Hall–Kier alpha value is -2.44. The van der Waals surface area contributed by atoms with Crippen LogP contribution in [0, 0.1) is 17.2 Å². The molecule has 1 atom stereocenters. The molecular weight excluding hydrogens is 339 g/mol. The number of nitrogens with zero attached hydrogens (tertiary/aromatic N) is 1. The molecule has 1 heterocycles. The maximum atomic E-state index is 13.0. The number of halogens is 1. The largest absolute Gasteiger partial charge is 0.481 e. The van der Waals surface area contributed by atoms with Crippen LogP contribution in [0.2, 0.25) is 0 Å². The van der Waals surface area contributed by atoms with Gasteiger partial charge in [0.15, 0.2) is 0 Å². The van der Waals surface area contributed by atoms with Crippen LogP contribution in [0.3, 0.4) is 0 Å². The number of carbonyl (C=O) groups is 3. The zero-order chi connectivity index (χ0) is 18.7. The van der Waals surface area contributed by atoms with E-state index in [-0.39, 0.29) is 18.3 Å². The van der Waals surface area contributed by atoms with Crippen LogP contribution in [0.4, 0.5) is 10.1 Å². The number of aliphatic carboxylic acids is 1. The molecule has 2 aliphatic rings. The lowest BCUT2D eigenvalue weighted by Gasteiger charge is -2.33. The minimum atomic E-state index is -0.924. The SMILES string of the molecule is O=C(NCC1(C(=O)O)CCCCC1)C1CCN(c2ccc(F)cc2)C1=O. The molecule has 7 heteroatoms. The second kappa shape index (κ2) is 7.43. The fourth-order valence-corrected chi connectivity index (χ4v) is 3.87.